The van der Waals surface area contributed by atoms with E-state index in [0.717, 1.165) is 45.3 Å². The number of ether oxygens (including phenoxy) is 2. The number of nitrogens with zero attached hydrogens (tertiary/aromatic N) is 2. The second-order valence-electron chi connectivity index (χ2n) is 8.65. The van der Waals surface area contributed by atoms with E-state index in [9.17, 15) is 0 Å². The Bertz CT molecular complexity index is 495. The molecule has 0 aromatic rings. The van der Waals surface area contributed by atoms with Crippen LogP contribution in [0.25, 0.3) is 0 Å². The second-order valence-corrected chi connectivity index (χ2v) is 8.65. The molecule has 4 fully saturated rings. The van der Waals surface area contributed by atoms with Gasteiger partial charge in [-0.05, 0) is 50.9 Å². The third kappa shape index (κ3) is 3.08. The van der Waals surface area contributed by atoms with Gasteiger partial charge >= 0.3 is 0 Å². The molecule has 2 unspecified atom stereocenters. The van der Waals surface area contributed by atoms with Crippen LogP contribution < -0.4 is 5.32 Å². The predicted molar refractivity (Wildman–Crippen MR) is 99.9 cm³/mol. The fourth-order valence-corrected chi connectivity index (χ4v) is 5.87. The molecule has 0 amide bonds. The van der Waals surface area contributed by atoms with Crippen LogP contribution in [0.2, 0.25) is 0 Å². The number of guanidine groups is 1. The standard InChI is InChI=1S/C20H35N3O2/c1-3-25-17-14-16(20(17)6-4-5-7-20)22-18(21-2)23-11-8-19(15-23)9-12-24-13-10-19/h16-17H,3-15H2,1-2H3,(H,21,22). The minimum absolute atomic E-state index is 0.363. The lowest BCUT2D eigenvalue weighted by Crippen LogP contribution is -2.65. The van der Waals surface area contributed by atoms with Crippen molar-refractivity contribution in [2.24, 2.45) is 15.8 Å². The van der Waals surface area contributed by atoms with Crippen LogP contribution in [0.1, 0.15) is 58.3 Å². The summed E-state index contributed by atoms with van der Waals surface area (Å²) in [6.07, 6.45) is 10.6. The van der Waals surface area contributed by atoms with Crippen molar-refractivity contribution in [1.29, 1.82) is 0 Å². The number of hydrogen-bond acceptors (Lipinski definition) is 3. The van der Waals surface area contributed by atoms with Gasteiger partial charge in [-0.1, -0.05) is 12.8 Å². The van der Waals surface area contributed by atoms with Crippen molar-refractivity contribution in [3.8, 4) is 0 Å². The molecule has 2 aliphatic heterocycles. The van der Waals surface area contributed by atoms with E-state index in [2.05, 4.69) is 22.1 Å². The van der Waals surface area contributed by atoms with Gasteiger partial charge in [-0.15, -0.1) is 0 Å². The molecule has 0 aromatic heterocycles. The molecule has 4 rings (SSSR count). The molecule has 2 saturated heterocycles. The molecule has 5 nitrogen and oxygen atoms in total. The Morgan fingerprint density at radius 1 is 1.20 bits per heavy atom. The van der Waals surface area contributed by atoms with E-state index in [-0.39, 0.29) is 0 Å². The van der Waals surface area contributed by atoms with Gasteiger partial charge in [0.05, 0.1) is 6.10 Å². The Morgan fingerprint density at radius 3 is 2.64 bits per heavy atom. The van der Waals surface area contributed by atoms with Gasteiger partial charge in [-0.2, -0.15) is 0 Å². The summed E-state index contributed by atoms with van der Waals surface area (Å²) in [6.45, 7) is 7.10. The highest BCUT2D eigenvalue weighted by Gasteiger charge is 2.57. The van der Waals surface area contributed by atoms with Crippen LogP contribution in [0.15, 0.2) is 4.99 Å². The van der Waals surface area contributed by atoms with Crippen molar-refractivity contribution in [2.45, 2.75) is 70.4 Å². The summed E-state index contributed by atoms with van der Waals surface area (Å²) in [5.41, 5.74) is 0.830. The van der Waals surface area contributed by atoms with Crippen LogP contribution in [0.4, 0.5) is 0 Å². The summed E-state index contributed by atoms with van der Waals surface area (Å²) in [6, 6.07) is 0.538. The smallest absolute Gasteiger partial charge is 0.193 e. The fraction of sp³-hybridized carbons (Fsp3) is 0.950. The Hall–Kier alpha value is -0.810. The topological polar surface area (TPSA) is 46.1 Å². The summed E-state index contributed by atoms with van der Waals surface area (Å²) in [7, 11) is 1.94. The number of hydrogen-bond donors (Lipinski definition) is 1. The number of rotatable bonds is 3. The van der Waals surface area contributed by atoms with Crippen LogP contribution in [0.5, 0.6) is 0 Å². The van der Waals surface area contributed by atoms with E-state index in [1.54, 1.807) is 0 Å². The van der Waals surface area contributed by atoms with Crippen LogP contribution in [0.3, 0.4) is 0 Å². The molecule has 1 N–H and O–H groups in total. The van der Waals surface area contributed by atoms with Crippen LogP contribution in [0, 0.1) is 10.8 Å². The Balaban J connectivity index is 1.40. The first-order valence-corrected chi connectivity index (χ1v) is 10.4. The maximum Gasteiger partial charge on any atom is 0.193 e. The first-order valence-electron chi connectivity index (χ1n) is 10.4. The van der Waals surface area contributed by atoms with E-state index in [1.807, 2.05) is 7.05 Å². The third-order valence-electron chi connectivity index (χ3n) is 7.49. The summed E-state index contributed by atoms with van der Waals surface area (Å²) in [4.78, 5) is 7.16. The summed E-state index contributed by atoms with van der Waals surface area (Å²) in [5.74, 6) is 1.12. The second kappa shape index (κ2) is 7.07. The first kappa shape index (κ1) is 17.6. The summed E-state index contributed by atoms with van der Waals surface area (Å²) in [5, 5.41) is 3.85. The molecular weight excluding hydrogens is 314 g/mol. The van der Waals surface area contributed by atoms with Crippen LogP contribution in [-0.4, -0.2) is 63.0 Å². The quantitative estimate of drug-likeness (QED) is 0.629. The lowest BCUT2D eigenvalue weighted by molar-refractivity contribution is -0.126. The summed E-state index contributed by atoms with van der Waals surface area (Å²) >= 11 is 0. The lowest BCUT2D eigenvalue weighted by atomic mass is 9.60. The highest BCUT2D eigenvalue weighted by molar-refractivity contribution is 5.80. The molecular formula is C20H35N3O2. The fourth-order valence-electron chi connectivity index (χ4n) is 5.87. The van der Waals surface area contributed by atoms with Gasteiger partial charge in [0.15, 0.2) is 5.96 Å². The van der Waals surface area contributed by atoms with Gasteiger partial charge in [0, 0.05) is 51.4 Å². The van der Waals surface area contributed by atoms with Crippen molar-refractivity contribution < 1.29 is 9.47 Å². The van der Waals surface area contributed by atoms with Crippen molar-refractivity contribution in [3.63, 3.8) is 0 Å². The molecule has 142 valence electrons. The average molecular weight is 350 g/mol. The molecule has 0 aromatic carbocycles. The Labute approximate surface area is 152 Å². The van der Waals surface area contributed by atoms with E-state index in [1.165, 1.54) is 44.9 Å². The molecule has 0 radical (unpaired) electrons. The van der Waals surface area contributed by atoms with Crippen LogP contribution >= 0.6 is 0 Å². The maximum atomic E-state index is 6.07. The maximum absolute atomic E-state index is 6.07. The van der Waals surface area contributed by atoms with Crippen molar-refractivity contribution in [1.82, 2.24) is 10.2 Å². The Morgan fingerprint density at radius 2 is 1.96 bits per heavy atom. The van der Waals surface area contributed by atoms with E-state index in [0.29, 0.717) is 23.0 Å². The van der Waals surface area contributed by atoms with E-state index >= 15 is 0 Å². The monoisotopic (exact) mass is 349 g/mol. The SMILES string of the molecule is CCOC1CC(NC(=NC)N2CCC3(CCOCC3)C2)C12CCCC2. The van der Waals surface area contributed by atoms with Gasteiger partial charge in [0.1, 0.15) is 0 Å². The van der Waals surface area contributed by atoms with E-state index < -0.39 is 0 Å². The van der Waals surface area contributed by atoms with E-state index in [4.69, 9.17) is 9.47 Å². The third-order valence-corrected chi connectivity index (χ3v) is 7.49. The van der Waals surface area contributed by atoms with Crippen molar-refractivity contribution in [2.75, 3.05) is 40.0 Å². The molecule has 4 aliphatic rings. The van der Waals surface area contributed by atoms with Gasteiger partial charge in [-0.25, -0.2) is 0 Å². The molecule has 2 atom stereocenters. The molecule has 5 heteroatoms. The number of aliphatic imine (C=N–C) groups is 1. The van der Waals surface area contributed by atoms with Gasteiger partial charge < -0.3 is 19.7 Å². The zero-order valence-corrected chi connectivity index (χ0v) is 16.1. The van der Waals surface area contributed by atoms with Crippen LogP contribution in [-0.2, 0) is 9.47 Å². The lowest BCUT2D eigenvalue weighted by Gasteiger charge is -2.54. The normalized spacial score (nSPS) is 33.8. The van der Waals surface area contributed by atoms with Crippen molar-refractivity contribution in [3.05, 3.63) is 0 Å². The number of likely N-dealkylation sites (tertiary alicyclic amines) is 1. The zero-order valence-electron chi connectivity index (χ0n) is 16.1. The molecule has 0 bridgehead atoms. The Kier molecular flexibility index (Phi) is 4.98. The molecule has 25 heavy (non-hydrogen) atoms. The zero-order chi connectivity index (χ0) is 17.3. The van der Waals surface area contributed by atoms with Crippen molar-refractivity contribution >= 4 is 5.96 Å². The largest absolute Gasteiger partial charge is 0.381 e. The molecule has 2 spiro atoms. The van der Waals surface area contributed by atoms with Gasteiger partial charge in [0.25, 0.3) is 0 Å². The molecule has 2 saturated carbocycles. The van der Waals surface area contributed by atoms with Gasteiger partial charge in [0.2, 0.25) is 0 Å². The number of nitrogens with one attached hydrogen (secondary N) is 1. The molecule has 2 aliphatic carbocycles. The molecule has 2 heterocycles. The first-order chi connectivity index (χ1) is 12.2. The average Bonchev–Trinajstić information content (AvgIpc) is 3.28. The summed E-state index contributed by atoms with van der Waals surface area (Å²) < 4.78 is 11.7. The highest BCUT2D eigenvalue weighted by Crippen LogP contribution is 2.54. The van der Waals surface area contributed by atoms with Gasteiger partial charge in [-0.3, -0.25) is 4.99 Å². The minimum Gasteiger partial charge on any atom is -0.381 e. The highest BCUT2D eigenvalue weighted by atomic mass is 16.5. The minimum atomic E-state index is 0.363. The predicted octanol–water partition coefficient (Wildman–Crippen LogP) is 2.80.